The van der Waals surface area contributed by atoms with E-state index in [1.807, 2.05) is 11.4 Å². The summed E-state index contributed by atoms with van der Waals surface area (Å²) in [7, 11) is 0. The lowest BCUT2D eigenvalue weighted by Gasteiger charge is -2.23. The molecule has 1 aromatic heterocycles. The van der Waals surface area contributed by atoms with Gasteiger partial charge in [-0.15, -0.1) is 11.3 Å². The highest BCUT2D eigenvalue weighted by molar-refractivity contribution is 7.10. The Labute approximate surface area is 137 Å². The Balaban J connectivity index is 1.90. The van der Waals surface area contributed by atoms with Gasteiger partial charge in [0, 0.05) is 4.88 Å². The summed E-state index contributed by atoms with van der Waals surface area (Å²) in [5, 5.41) is 17.4. The van der Waals surface area contributed by atoms with Crippen LogP contribution in [0, 0.1) is 11.6 Å². The fraction of sp³-hybridized carbons (Fsp3) is 0.312. The van der Waals surface area contributed by atoms with Crippen LogP contribution in [0.3, 0.4) is 0 Å². The predicted molar refractivity (Wildman–Crippen MR) is 85.2 cm³/mol. The number of amides is 2. The highest BCUT2D eigenvalue weighted by Crippen LogP contribution is 2.24. The Morgan fingerprint density at radius 1 is 1.35 bits per heavy atom. The van der Waals surface area contributed by atoms with Gasteiger partial charge in [-0.25, -0.2) is 13.6 Å². The molecule has 0 fully saturated rings. The molecule has 1 aromatic carbocycles. The predicted octanol–water partition coefficient (Wildman–Crippen LogP) is 3.29. The standard InChI is InChI=1S/C16H18F2N2O2S/c1-10(11-5-6-12(17)13(18)8-11)20-15(21)19-9-16(2,22)14-4-3-7-23-14/h3-8,10,22H,9H2,1-2H3,(H2,19,20,21)/t10-,16-/m0/s1. The number of thiophene rings is 1. The minimum atomic E-state index is -1.17. The van der Waals surface area contributed by atoms with Crippen LogP contribution >= 0.6 is 11.3 Å². The molecule has 4 nitrogen and oxygen atoms in total. The normalized spacial score (nSPS) is 14.8. The van der Waals surface area contributed by atoms with Crippen molar-refractivity contribution in [3.63, 3.8) is 0 Å². The third-order valence-electron chi connectivity index (χ3n) is 3.44. The van der Waals surface area contributed by atoms with Crippen molar-refractivity contribution in [2.45, 2.75) is 25.5 Å². The minimum Gasteiger partial charge on any atom is -0.383 e. The number of benzene rings is 1. The van der Waals surface area contributed by atoms with Gasteiger partial charge in [0.25, 0.3) is 0 Å². The maximum Gasteiger partial charge on any atom is 0.315 e. The first-order valence-corrected chi connectivity index (χ1v) is 7.93. The Kier molecular flexibility index (Phi) is 5.33. The van der Waals surface area contributed by atoms with Gasteiger partial charge in [-0.3, -0.25) is 0 Å². The molecule has 2 atom stereocenters. The molecule has 124 valence electrons. The first-order valence-electron chi connectivity index (χ1n) is 7.05. The summed E-state index contributed by atoms with van der Waals surface area (Å²) >= 11 is 1.40. The second kappa shape index (κ2) is 7.06. The molecule has 23 heavy (non-hydrogen) atoms. The summed E-state index contributed by atoms with van der Waals surface area (Å²) < 4.78 is 26.1. The number of carbonyl (C=O) groups excluding carboxylic acids is 1. The largest absolute Gasteiger partial charge is 0.383 e. The topological polar surface area (TPSA) is 61.4 Å². The van der Waals surface area contributed by atoms with Crippen LogP contribution in [0.5, 0.6) is 0 Å². The van der Waals surface area contributed by atoms with E-state index in [0.717, 1.165) is 17.0 Å². The van der Waals surface area contributed by atoms with Gasteiger partial charge < -0.3 is 15.7 Å². The molecule has 7 heteroatoms. The maximum absolute atomic E-state index is 13.2. The molecule has 2 aromatic rings. The van der Waals surface area contributed by atoms with Crippen LogP contribution in [0.4, 0.5) is 13.6 Å². The van der Waals surface area contributed by atoms with Gasteiger partial charge in [0.1, 0.15) is 5.60 Å². The molecule has 2 rings (SSSR count). The highest BCUT2D eigenvalue weighted by atomic mass is 32.1. The number of aliphatic hydroxyl groups is 1. The van der Waals surface area contributed by atoms with Crippen molar-refractivity contribution < 1.29 is 18.7 Å². The van der Waals surface area contributed by atoms with Crippen LogP contribution in [-0.2, 0) is 5.60 Å². The second-order valence-corrected chi connectivity index (χ2v) is 6.42. The molecule has 0 aliphatic rings. The quantitative estimate of drug-likeness (QED) is 0.782. The van der Waals surface area contributed by atoms with Crippen LogP contribution in [0.25, 0.3) is 0 Å². The molecule has 0 saturated carbocycles. The average molecular weight is 340 g/mol. The first-order chi connectivity index (χ1) is 10.8. The van der Waals surface area contributed by atoms with E-state index in [9.17, 15) is 18.7 Å². The molecule has 1 heterocycles. The van der Waals surface area contributed by atoms with E-state index < -0.39 is 29.3 Å². The second-order valence-electron chi connectivity index (χ2n) is 5.47. The smallest absolute Gasteiger partial charge is 0.315 e. The molecular formula is C16H18F2N2O2S. The molecule has 0 aliphatic carbocycles. The minimum absolute atomic E-state index is 0.0316. The zero-order valence-electron chi connectivity index (χ0n) is 12.8. The molecule has 0 unspecified atom stereocenters. The summed E-state index contributed by atoms with van der Waals surface area (Å²) in [5.74, 6) is -1.89. The van der Waals surface area contributed by atoms with Crippen molar-refractivity contribution in [2.24, 2.45) is 0 Å². The van der Waals surface area contributed by atoms with Crippen molar-refractivity contribution in [2.75, 3.05) is 6.54 Å². The Hall–Kier alpha value is -1.99. The van der Waals surface area contributed by atoms with Crippen molar-refractivity contribution >= 4 is 17.4 Å². The Morgan fingerprint density at radius 2 is 2.09 bits per heavy atom. The van der Waals surface area contributed by atoms with Crippen molar-refractivity contribution in [3.05, 3.63) is 57.8 Å². The average Bonchev–Trinajstić information content (AvgIpc) is 3.03. The van der Waals surface area contributed by atoms with Crippen LogP contribution in [0.2, 0.25) is 0 Å². The molecule has 2 amide bonds. The summed E-state index contributed by atoms with van der Waals surface area (Å²) in [6.45, 7) is 3.30. The molecule has 0 bridgehead atoms. The van der Waals surface area contributed by atoms with Gasteiger partial charge in [0.15, 0.2) is 11.6 Å². The lowest BCUT2D eigenvalue weighted by molar-refractivity contribution is 0.0630. The summed E-state index contributed by atoms with van der Waals surface area (Å²) in [6, 6.07) is 6.07. The van der Waals surface area contributed by atoms with Crippen LogP contribution in [0.15, 0.2) is 35.7 Å². The maximum atomic E-state index is 13.2. The fourth-order valence-corrected chi connectivity index (χ4v) is 2.82. The third-order valence-corrected chi connectivity index (χ3v) is 4.56. The molecular weight excluding hydrogens is 322 g/mol. The number of nitrogens with one attached hydrogen (secondary N) is 2. The Morgan fingerprint density at radius 3 is 2.70 bits per heavy atom. The number of hydrogen-bond donors (Lipinski definition) is 3. The molecule has 0 saturated heterocycles. The van der Waals surface area contributed by atoms with E-state index >= 15 is 0 Å². The van der Waals surface area contributed by atoms with Crippen molar-refractivity contribution in [1.29, 1.82) is 0 Å². The Bertz CT molecular complexity index is 675. The zero-order valence-corrected chi connectivity index (χ0v) is 13.6. The van der Waals surface area contributed by atoms with Crippen LogP contribution in [-0.4, -0.2) is 17.7 Å². The lowest BCUT2D eigenvalue weighted by Crippen LogP contribution is -2.43. The van der Waals surface area contributed by atoms with E-state index in [1.54, 1.807) is 19.9 Å². The van der Waals surface area contributed by atoms with Gasteiger partial charge in [0.2, 0.25) is 0 Å². The molecule has 0 aliphatic heterocycles. The highest BCUT2D eigenvalue weighted by Gasteiger charge is 2.25. The van der Waals surface area contributed by atoms with Gasteiger partial charge >= 0.3 is 6.03 Å². The number of hydrogen-bond acceptors (Lipinski definition) is 3. The van der Waals surface area contributed by atoms with E-state index in [4.69, 9.17) is 0 Å². The fourth-order valence-electron chi connectivity index (χ4n) is 2.04. The molecule has 0 spiro atoms. The third kappa shape index (κ3) is 4.49. The van der Waals surface area contributed by atoms with Gasteiger partial charge in [-0.1, -0.05) is 12.1 Å². The SMILES string of the molecule is C[C@H](NC(=O)NC[C@](C)(O)c1cccs1)c1ccc(F)c(F)c1. The number of carbonyl (C=O) groups is 1. The number of rotatable bonds is 5. The number of halogens is 2. The summed E-state index contributed by atoms with van der Waals surface area (Å²) in [5.41, 5.74) is -0.722. The van der Waals surface area contributed by atoms with Crippen LogP contribution in [0.1, 0.15) is 30.3 Å². The van der Waals surface area contributed by atoms with Crippen molar-refractivity contribution in [1.82, 2.24) is 10.6 Å². The first kappa shape index (κ1) is 17.4. The summed E-state index contributed by atoms with van der Waals surface area (Å²) in [6.07, 6.45) is 0. The van der Waals surface area contributed by atoms with E-state index in [1.165, 1.54) is 17.4 Å². The summed E-state index contributed by atoms with van der Waals surface area (Å²) in [4.78, 5) is 12.6. The van der Waals surface area contributed by atoms with E-state index in [2.05, 4.69) is 10.6 Å². The lowest BCUT2D eigenvalue weighted by atomic mass is 10.1. The van der Waals surface area contributed by atoms with Crippen LogP contribution < -0.4 is 10.6 Å². The number of urea groups is 1. The van der Waals surface area contributed by atoms with Gasteiger partial charge in [0.05, 0.1) is 12.6 Å². The van der Waals surface area contributed by atoms with Gasteiger partial charge in [-0.2, -0.15) is 0 Å². The van der Waals surface area contributed by atoms with Crippen molar-refractivity contribution in [3.8, 4) is 0 Å². The molecule has 3 N–H and O–H groups in total. The van der Waals surface area contributed by atoms with E-state index in [0.29, 0.717) is 5.56 Å². The van der Waals surface area contributed by atoms with Gasteiger partial charge in [-0.05, 0) is 43.0 Å². The zero-order chi connectivity index (χ0) is 17.0. The monoisotopic (exact) mass is 340 g/mol. The molecule has 0 radical (unpaired) electrons. The van der Waals surface area contributed by atoms with E-state index in [-0.39, 0.29) is 6.54 Å².